The van der Waals surface area contributed by atoms with Gasteiger partial charge in [0.2, 0.25) is 0 Å². The SMILES string of the molecule is C=C(CC)Cn1c(C(=O)O)cc2ccccc21. The Morgan fingerprint density at radius 3 is 2.76 bits per heavy atom. The van der Waals surface area contributed by atoms with Crippen LogP contribution in [-0.4, -0.2) is 15.6 Å². The number of carbonyl (C=O) groups is 1. The van der Waals surface area contributed by atoms with Crippen LogP contribution in [0.1, 0.15) is 23.8 Å². The molecule has 0 atom stereocenters. The van der Waals surface area contributed by atoms with Gasteiger partial charge in [-0.05, 0) is 18.6 Å². The first-order valence-electron chi connectivity index (χ1n) is 5.61. The van der Waals surface area contributed by atoms with Crippen LogP contribution in [0.15, 0.2) is 42.5 Å². The van der Waals surface area contributed by atoms with Crippen molar-refractivity contribution in [3.8, 4) is 0 Å². The van der Waals surface area contributed by atoms with Gasteiger partial charge in [-0.3, -0.25) is 0 Å². The minimum absolute atomic E-state index is 0.320. The van der Waals surface area contributed by atoms with Gasteiger partial charge < -0.3 is 9.67 Å². The van der Waals surface area contributed by atoms with Crippen molar-refractivity contribution in [1.29, 1.82) is 0 Å². The molecule has 1 N–H and O–H groups in total. The summed E-state index contributed by atoms with van der Waals surface area (Å²) in [5.74, 6) is -0.898. The summed E-state index contributed by atoms with van der Waals surface area (Å²) < 4.78 is 1.81. The zero-order chi connectivity index (χ0) is 12.4. The van der Waals surface area contributed by atoms with Crippen LogP contribution in [0.3, 0.4) is 0 Å². The number of nitrogens with zero attached hydrogens (tertiary/aromatic N) is 1. The van der Waals surface area contributed by atoms with Crippen LogP contribution >= 0.6 is 0 Å². The molecule has 0 amide bonds. The van der Waals surface area contributed by atoms with E-state index >= 15 is 0 Å². The summed E-state index contributed by atoms with van der Waals surface area (Å²) in [7, 11) is 0. The lowest BCUT2D eigenvalue weighted by Crippen LogP contribution is -2.09. The maximum absolute atomic E-state index is 11.2. The first-order valence-corrected chi connectivity index (χ1v) is 5.61. The fourth-order valence-corrected chi connectivity index (χ4v) is 1.89. The first-order chi connectivity index (χ1) is 8.13. The van der Waals surface area contributed by atoms with Gasteiger partial charge >= 0.3 is 5.97 Å². The van der Waals surface area contributed by atoms with E-state index in [2.05, 4.69) is 6.58 Å². The smallest absolute Gasteiger partial charge is 0.352 e. The Morgan fingerprint density at radius 1 is 1.41 bits per heavy atom. The standard InChI is InChI=1S/C14H15NO2/c1-3-10(2)9-15-12-7-5-4-6-11(12)8-13(15)14(16)17/h4-8H,2-3,9H2,1H3,(H,16,17). The van der Waals surface area contributed by atoms with Gasteiger partial charge in [-0.25, -0.2) is 4.79 Å². The maximum Gasteiger partial charge on any atom is 0.352 e. The Hall–Kier alpha value is -2.03. The topological polar surface area (TPSA) is 42.2 Å². The largest absolute Gasteiger partial charge is 0.477 e. The van der Waals surface area contributed by atoms with Crippen LogP contribution in [0.2, 0.25) is 0 Å². The van der Waals surface area contributed by atoms with Crippen LogP contribution in [0, 0.1) is 0 Å². The molecule has 3 heteroatoms. The van der Waals surface area contributed by atoms with Crippen molar-refractivity contribution in [1.82, 2.24) is 4.57 Å². The fourth-order valence-electron chi connectivity index (χ4n) is 1.89. The molecule has 0 bridgehead atoms. The minimum atomic E-state index is -0.898. The molecule has 2 aromatic rings. The molecule has 0 unspecified atom stereocenters. The van der Waals surface area contributed by atoms with Crippen LogP contribution in [0.4, 0.5) is 0 Å². The lowest BCUT2D eigenvalue weighted by molar-refractivity contribution is 0.0686. The second-order valence-corrected chi connectivity index (χ2v) is 4.08. The quantitative estimate of drug-likeness (QED) is 0.817. The molecular formula is C14H15NO2. The van der Waals surface area contributed by atoms with E-state index < -0.39 is 5.97 Å². The van der Waals surface area contributed by atoms with Crippen molar-refractivity contribution in [2.24, 2.45) is 0 Å². The van der Waals surface area contributed by atoms with Crippen LogP contribution < -0.4 is 0 Å². The number of para-hydroxylation sites is 1. The van der Waals surface area contributed by atoms with Gasteiger partial charge in [0.05, 0.1) is 0 Å². The average Bonchev–Trinajstić information content (AvgIpc) is 2.68. The van der Waals surface area contributed by atoms with Crippen molar-refractivity contribution in [3.05, 3.63) is 48.2 Å². The molecule has 1 heterocycles. The molecule has 2 rings (SSSR count). The third kappa shape index (κ3) is 2.09. The molecule has 0 saturated heterocycles. The van der Waals surface area contributed by atoms with E-state index in [9.17, 15) is 9.90 Å². The van der Waals surface area contributed by atoms with E-state index in [1.165, 1.54) is 0 Å². The number of hydrogen-bond donors (Lipinski definition) is 1. The Morgan fingerprint density at radius 2 is 2.12 bits per heavy atom. The maximum atomic E-state index is 11.2. The summed E-state index contributed by atoms with van der Waals surface area (Å²) in [6.45, 7) is 6.52. The molecule has 0 aliphatic rings. The zero-order valence-electron chi connectivity index (χ0n) is 9.81. The predicted molar refractivity (Wildman–Crippen MR) is 68.3 cm³/mol. The van der Waals surface area contributed by atoms with E-state index in [1.54, 1.807) is 6.07 Å². The van der Waals surface area contributed by atoms with Gasteiger partial charge in [-0.1, -0.05) is 37.3 Å². The molecular weight excluding hydrogens is 214 g/mol. The predicted octanol–water partition coefficient (Wildman–Crippen LogP) is 3.31. The molecule has 0 spiro atoms. The Bertz CT molecular complexity index is 581. The summed E-state index contributed by atoms with van der Waals surface area (Å²) in [6.07, 6.45) is 0.853. The van der Waals surface area contributed by atoms with E-state index in [0.29, 0.717) is 12.2 Å². The van der Waals surface area contributed by atoms with Gasteiger partial charge in [0.15, 0.2) is 0 Å². The number of aromatic nitrogens is 1. The summed E-state index contributed by atoms with van der Waals surface area (Å²) in [6, 6.07) is 9.39. The lowest BCUT2D eigenvalue weighted by atomic mass is 10.2. The summed E-state index contributed by atoms with van der Waals surface area (Å²) in [4.78, 5) is 11.2. The Balaban J connectivity index is 2.59. The molecule has 3 nitrogen and oxygen atoms in total. The van der Waals surface area contributed by atoms with Crippen LogP contribution in [-0.2, 0) is 6.54 Å². The monoisotopic (exact) mass is 229 g/mol. The molecule has 1 aromatic heterocycles. The number of carboxylic acid groups (broad SMARTS) is 1. The molecule has 1 aromatic carbocycles. The summed E-state index contributed by atoms with van der Waals surface area (Å²) in [5.41, 5.74) is 2.29. The van der Waals surface area contributed by atoms with Crippen molar-refractivity contribution < 1.29 is 9.90 Å². The van der Waals surface area contributed by atoms with E-state index in [4.69, 9.17) is 0 Å². The Labute approximate surface area is 100.0 Å². The first kappa shape index (κ1) is 11.5. The van der Waals surface area contributed by atoms with E-state index in [1.807, 2.05) is 35.8 Å². The van der Waals surface area contributed by atoms with Crippen molar-refractivity contribution in [3.63, 3.8) is 0 Å². The van der Waals surface area contributed by atoms with Crippen molar-refractivity contribution in [2.45, 2.75) is 19.9 Å². The van der Waals surface area contributed by atoms with Gasteiger partial charge in [0.1, 0.15) is 5.69 Å². The average molecular weight is 229 g/mol. The Kier molecular flexibility index (Phi) is 3.00. The van der Waals surface area contributed by atoms with Gasteiger partial charge in [-0.2, -0.15) is 0 Å². The number of carboxylic acids is 1. The molecule has 0 fully saturated rings. The fraction of sp³-hybridized carbons (Fsp3) is 0.214. The third-order valence-electron chi connectivity index (χ3n) is 2.91. The number of hydrogen-bond acceptors (Lipinski definition) is 1. The molecule has 88 valence electrons. The highest BCUT2D eigenvalue weighted by molar-refractivity contribution is 5.94. The molecule has 0 radical (unpaired) electrons. The summed E-state index contributed by atoms with van der Waals surface area (Å²) in [5, 5.41) is 10.2. The van der Waals surface area contributed by atoms with Gasteiger partial charge in [0, 0.05) is 17.4 Å². The van der Waals surface area contributed by atoms with Crippen molar-refractivity contribution in [2.75, 3.05) is 0 Å². The zero-order valence-corrected chi connectivity index (χ0v) is 9.81. The highest BCUT2D eigenvalue weighted by atomic mass is 16.4. The highest BCUT2D eigenvalue weighted by Crippen LogP contribution is 2.21. The van der Waals surface area contributed by atoms with Gasteiger partial charge in [0.25, 0.3) is 0 Å². The number of rotatable bonds is 4. The molecule has 0 saturated carbocycles. The number of aromatic carboxylic acids is 1. The van der Waals surface area contributed by atoms with Crippen LogP contribution in [0.25, 0.3) is 10.9 Å². The van der Waals surface area contributed by atoms with Gasteiger partial charge in [-0.15, -0.1) is 0 Å². The van der Waals surface area contributed by atoms with Crippen LogP contribution in [0.5, 0.6) is 0 Å². The minimum Gasteiger partial charge on any atom is -0.477 e. The number of benzene rings is 1. The normalized spacial score (nSPS) is 10.6. The number of allylic oxidation sites excluding steroid dienone is 1. The summed E-state index contributed by atoms with van der Waals surface area (Å²) >= 11 is 0. The van der Waals surface area contributed by atoms with E-state index in [-0.39, 0.29) is 0 Å². The molecule has 0 aliphatic heterocycles. The van der Waals surface area contributed by atoms with Crippen molar-refractivity contribution >= 4 is 16.9 Å². The van der Waals surface area contributed by atoms with E-state index in [0.717, 1.165) is 22.9 Å². The highest BCUT2D eigenvalue weighted by Gasteiger charge is 2.14. The lowest BCUT2D eigenvalue weighted by Gasteiger charge is -2.09. The third-order valence-corrected chi connectivity index (χ3v) is 2.91. The molecule has 17 heavy (non-hydrogen) atoms. The molecule has 0 aliphatic carbocycles. The second-order valence-electron chi connectivity index (χ2n) is 4.08. The number of fused-ring (bicyclic) bond motifs is 1. The second kappa shape index (κ2) is 4.45.